The van der Waals surface area contributed by atoms with E-state index in [4.69, 9.17) is 10.6 Å². The highest BCUT2D eigenvalue weighted by atomic mass is 79.9. The first-order chi connectivity index (χ1) is 8.97. The Morgan fingerprint density at radius 2 is 2.16 bits per heavy atom. The Bertz CT molecular complexity index is 439. The average molecular weight is 329 g/mol. The number of anilines is 1. The van der Waals surface area contributed by atoms with Gasteiger partial charge in [0.2, 0.25) is 5.96 Å². The molecule has 0 radical (unpaired) electrons. The van der Waals surface area contributed by atoms with E-state index in [-0.39, 0.29) is 6.04 Å². The van der Waals surface area contributed by atoms with Crippen molar-refractivity contribution >= 4 is 27.6 Å². The Morgan fingerprint density at radius 1 is 1.47 bits per heavy atom. The van der Waals surface area contributed by atoms with Crippen LogP contribution in [-0.2, 0) is 4.74 Å². The highest BCUT2D eigenvalue weighted by molar-refractivity contribution is 9.10. The number of ether oxygens (including phenoxy) is 1. The van der Waals surface area contributed by atoms with Crippen LogP contribution in [0.2, 0.25) is 0 Å². The van der Waals surface area contributed by atoms with Gasteiger partial charge < -0.3 is 10.1 Å². The third kappa shape index (κ3) is 4.81. The third-order valence-electron chi connectivity index (χ3n) is 2.57. The molecule has 6 heteroatoms. The van der Waals surface area contributed by atoms with Gasteiger partial charge in [0, 0.05) is 11.6 Å². The zero-order valence-electron chi connectivity index (χ0n) is 11.7. The molecular formula is C13H21BrN4O. The standard InChI is InChI=1S/C13H21BrN4O/c1-8-5-9(2)12(11(14)6-8)17-13(18-15)16-10(3)7-19-4/h5-6,10H,7,15H2,1-4H3,(H2,16,17,18). The van der Waals surface area contributed by atoms with Gasteiger partial charge >= 0.3 is 0 Å². The summed E-state index contributed by atoms with van der Waals surface area (Å²) in [7, 11) is 1.65. The zero-order valence-corrected chi connectivity index (χ0v) is 13.3. The van der Waals surface area contributed by atoms with Crippen molar-refractivity contribution in [3.63, 3.8) is 0 Å². The number of guanidine groups is 1. The summed E-state index contributed by atoms with van der Waals surface area (Å²) in [6.45, 7) is 6.59. The van der Waals surface area contributed by atoms with Gasteiger partial charge in [-0.25, -0.2) is 10.8 Å². The van der Waals surface area contributed by atoms with Crippen LogP contribution in [0.5, 0.6) is 0 Å². The Kier molecular flexibility index (Phi) is 6.27. The van der Waals surface area contributed by atoms with E-state index in [0.29, 0.717) is 12.6 Å². The van der Waals surface area contributed by atoms with Gasteiger partial charge in [-0.3, -0.25) is 5.43 Å². The third-order valence-corrected chi connectivity index (χ3v) is 3.19. The number of nitrogens with zero attached hydrogens (tertiary/aromatic N) is 1. The van der Waals surface area contributed by atoms with Gasteiger partial charge in [-0.05, 0) is 53.9 Å². The number of nitrogens with two attached hydrogens (primary N) is 1. The predicted octanol–water partition coefficient (Wildman–Crippen LogP) is 2.33. The minimum Gasteiger partial charge on any atom is -0.382 e. The van der Waals surface area contributed by atoms with E-state index < -0.39 is 0 Å². The minimum atomic E-state index is 0.0214. The lowest BCUT2D eigenvalue weighted by atomic mass is 10.1. The second-order valence-electron chi connectivity index (χ2n) is 4.49. The number of rotatable bonds is 4. The highest BCUT2D eigenvalue weighted by Crippen LogP contribution is 2.27. The number of aryl methyl sites for hydroxylation is 2. The van der Waals surface area contributed by atoms with Crippen molar-refractivity contribution < 1.29 is 4.74 Å². The van der Waals surface area contributed by atoms with Crippen molar-refractivity contribution in [2.24, 2.45) is 10.8 Å². The molecule has 0 amide bonds. The summed E-state index contributed by atoms with van der Waals surface area (Å²) in [5.74, 6) is 6.01. The number of methoxy groups -OCH3 is 1. The molecule has 0 spiro atoms. The van der Waals surface area contributed by atoms with Crippen LogP contribution >= 0.6 is 15.9 Å². The number of hydrogen-bond acceptors (Lipinski definition) is 3. The quantitative estimate of drug-likeness (QED) is 0.343. The molecule has 106 valence electrons. The second kappa shape index (κ2) is 7.47. The lowest BCUT2D eigenvalue weighted by Crippen LogP contribution is -2.37. The van der Waals surface area contributed by atoms with Gasteiger partial charge in [-0.15, -0.1) is 0 Å². The number of hydrazine groups is 1. The molecule has 1 rings (SSSR count). The van der Waals surface area contributed by atoms with E-state index in [0.717, 1.165) is 15.7 Å². The van der Waals surface area contributed by atoms with Crippen LogP contribution in [0.15, 0.2) is 21.6 Å². The molecule has 0 saturated carbocycles. The molecule has 0 aliphatic carbocycles. The van der Waals surface area contributed by atoms with Crippen LogP contribution in [0.25, 0.3) is 0 Å². The minimum absolute atomic E-state index is 0.0214. The average Bonchev–Trinajstić information content (AvgIpc) is 2.32. The summed E-state index contributed by atoms with van der Waals surface area (Å²) < 4.78 is 6.03. The van der Waals surface area contributed by atoms with Crippen molar-refractivity contribution in [2.45, 2.75) is 26.8 Å². The second-order valence-corrected chi connectivity index (χ2v) is 5.34. The smallest absolute Gasteiger partial charge is 0.210 e. The Morgan fingerprint density at radius 3 is 2.68 bits per heavy atom. The fourth-order valence-corrected chi connectivity index (χ4v) is 2.57. The van der Waals surface area contributed by atoms with E-state index in [1.807, 2.05) is 19.9 Å². The number of aliphatic imine (C=N–C) groups is 1. The molecule has 1 atom stereocenters. The van der Waals surface area contributed by atoms with E-state index in [9.17, 15) is 0 Å². The van der Waals surface area contributed by atoms with Crippen molar-refractivity contribution in [3.05, 3.63) is 27.7 Å². The molecule has 0 heterocycles. The normalized spacial score (nSPS) is 13.3. The maximum Gasteiger partial charge on any atom is 0.210 e. The number of benzene rings is 1. The molecule has 0 saturated heterocycles. The molecule has 0 aliphatic heterocycles. The van der Waals surface area contributed by atoms with Gasteiger partial charge in [-0.2, -0.15) is 0 Å². The monoisotopic (exact) mass is 328 g/mol. The van der Waals surface area contributed by atoms with Crippen molar-refractivity contribution in [2.75, 3.05) is 19.0 Å². The molecule has 0 bridgehead atoms. The van der Waals surface area contributed by atoms with E-state index in [1.54, 1.807) is 7.11 Å². The lowest BCUT2D eigenvalue weighted by molar-refractivity contribution is 0.185. The highest BCUT2D eigenvalue weighted by Gasteiger charge is 2.08. The van der Waals surface area contributed by atoms with Crippen LogP contribution in [0.3, 0.4) is 0 Å². The molecule has 5 nitrogen and oxygen atoms in total. The van der Waals surface area contributed by atoms with E-state index in [2.05, 4.69) is 44.7 Å². The van der Waals surface area contributed by atoms with Gasteiger partial charge in [0.15, 0.2) is 0 Å². The first-order valence-electron chi connectivity index (χ1n) is 6.05. The molecule has 1 aromatic rings. The van der Waals surface area contributed by atoms with E-state index in [1.165, 1.54) is 5.56 Å². The molecule has 4 N–H and O–H groups in total. The van der Waals surface area contributed by atoms with Gasteiger partial charge in [0.1, 0.15) is 0 Å². The Balaban J connectivity index is 2.93. The molecule has 0 aliphatic rings. The maximum atomic E-state index is 5.50. The first kappa shape index (κ1) is 15.9. The predicted molar refractivity (Wildman–Crippen MR) is 83.3 cm³/mol. The van der Waals surface area contributed by atoms with Gasteiger partial charge in [0.25, 0.3) is 0 Å². The summed E-state index contributed by atoms with van der Waals surface area (Å²) in [5, 5.41) is 3.19. The van der Waals surface area contributed by atoms with E-state index >= 15 is 0 Å². The molecule has 0 fully saturated rings. The summed E-state index contributed by atoms with van der Waals surface area (Å²) in [6, 6.07) is 4.16. The van der Waals surface area contributed by atoms with Crippen LogP contribution in [0.1, 0.15) is 18.1 Å². The largest absolute Gasteiger partial charge is 0.382 e. The van der Waals surface area contributed by atoms with Crippen LogP contribution in [0.4, 0.5) is 5.69 Å². The molecule has 19 heavy (non-hydrogen) atoms. The van der Waals surface area contributed by atoms with Crippen LogP contribution in [0, 0.1) is 13.8 Å². The maximum absolute atomic E-state index is 5.50. The molecule has 1 unspecified atom stereocenters. The molecular weight excluding hydrogens is 308 g/mol. The summed E-state index contributed by atoms with van der Waals surface area (Å²) in [6.07, 6.45) is 0. The summed E-state index contributed by atoms with van der Waals surface area (Å²) in [5.41, 5.74) is 5.84. The van der Waals surface area contributed by atoms with Crippen molar-refractivity contribution in [1.29, 1.82) is 0 Å². The fourth-order valence-electron chi connectivity index (χ4n) is 1.80. The van der Waals surface area contributed by atoms with Crippen molar-refractivity contribution in [3.8, 4) is 0 Å². The zero-order chi connectivity index (χ0) is 14.4. The first-order valence-corrected chi connectivity index (χ1v) is 6.84. The van der Waals surface area contributed by atoms with Crippen LogP contribution in [-0.4, -0.2) is 25.7 Å². The van der Waals surface area contributed by atoms with Crippen molar-refractivity contribution in [1.82, 2.24) is 5.43 Å². The number of nitrogens with one attached hydrogen (secondary N) is 2. The van der Waals surface area contributed by atoms with Crippen LogP contribution < -0.4 is 16.6 Å². The SMILES string of the molecule is COCC(C)N=C(NN)Nc1c(C)cc(C)cc1Br. The Labute approximate surface area is 122 Å². The summed E-state index contributed by atoms with van der Waals surface area (Å²) >= 11 is 3.54. The number of halogens is 1. The fraction of sp³-hybridized carbons (Fsp3) is 0.462. The van der Waals surface area contributed by atoms with Gasteiger partial charge in [0.05, 0.1) is 18.3 Å². The topological polar surface area (TPSA) is 71.7 Å². The number of hydrogen-bond donors (Lipinski definition) is 3. The van der Waals surface area contributed by atoms with Gasteiger partial charge in [-0.1, -0.05) is 6.07 Å². The lowest BCUT2D eigenvalue weighted by Gasteiger charge is -2.15. The summed E-state index contributed by atoms with van der Waals surface area (Å²) in [4.78, 5) is 4.41. The molecule has 0 aromatic heterocycles. The Hall–Kier alpha value is -1.11. The molecule has 1 aromatic carbocycles.